The molecule has 0 aromatic heterocycles. The molecule has 1 heterocycles. The van der Waals surface area contributed by atoms with Gasteiger partial charge in [0.15, 0.2) is 9.84 Å². The van der Waals surface area contributed by atoms with E-state index in [9.17, 15) is 8.42 Å². The van der Waals surface area contributed by atoms with Crippen LogP contribution in [-0.2, 0) is 9.84 Å². The van der Waals surface area contributed by atoms with Gasteiger partial charge in [0.2, 0.25) is 0 Å². The van der Waals surface area contributed by atoms with Crippen LogP contribution in [0.1, 0.15) is 13.3 Å². The van der Waals surface area contributed by atoms with E-state index in [1.54, 1.807) is 24.3 Å². The van der Waals surface area contributed by atoms with E-state index in [1.807, 2.05) is 0 Å². The van der Waals surface area contributed by atoms with E-state index in [0.717, 1.165) is 24.0 Å². The molecule has 0 amide bonds. The quantitative estimate of drug-likeness (QED) is 0.849. The SMILES string of the molecule is CC1(NCCS(=O)(=O)c2ccc(Br)cc2)CCNC1. The minimum absolute atomic E-state index is 0.0231. The molecule has 19 heavy (non-hydrogen) atoms. The molecule has 1 unspecified atom stereocenters. The normalized spacial score (nSPS) is 23.7. The average molecular weight is 347 g/mol. The van der Waals surface area contributed by atoms with E-state index in [0.29, 0.717) is 11.4 Å². The number of benzene rings is 1. The first kappa shape index (κ1) is 15.0. The maximum absolute atomic E-state index is 12.2. The lowest BCUT2D eigenvalue weighted by molar-refractivity contribution is 0.398. The maximum Gasteiger partial charge on any atom is 0.179 e. The van der Waals surface area contributed by atoms with E-state index in [-0.39, 0.29) is 11.3 Å². The first-order valence-corrected chi connectivity index (χ1v) is 8.80. The van der Waals surface area contributed by atoms with Gasteiger partial charge in [0.1, 0.15) is 0 Å². The third-order valence-corrected chi connectivity index (χ3v) is 5.72. The van der Waals surface area contributed by atoms with Crippen LogP contribution in [0.5, 0.6) is 0 Å². The van der Waals surface area contributed by atoms with Gasteiger partial charge in [0, 0.05) is 23.1 Å². The Balaban J connectivity index is 1.92. The van der Waals surface area contributed by atoms with Crippen LogP contribution in [0.25, 0.3) is 0 Å². The van der Waals surface area contributed by atoms with Crippen molar-refractivity contribution in [2.45, 2.75) is 23.8 Å². The van der Waals surface area contributed by atoms with E-state index in [4.69, 9.17) is 0 Å². The van der Waals surface area contributed by atoms with Crippen molar-refractivity contribution in [1.82, 2.24) is 10.6 Å². The number of nitrogens with one attached hydrogen (secondary N) is 2. The first-order valence-electron chi connectivity index (χ1n) is 6.35. The molecule has 6 heteroatoms. The lowest BCUT2D eigenvalue weighted by Crippen LogP contribution is -2.45. The van der Waals surface area contributed by atoms with Gasteiger partial charge in [-0.3, -0.25) is 0 Å². The number of sulfone groups is 1. The summed E-state index contributed by atoms with van der Waals surface area (Å²) in [5.74, 6) is 0.129. The molecule has 1 saturated heterocycles. The van der Waals surface area contributed by atoms with E-state index in [1.165, 1.54) is 0 Å². The van der Waals surface area contributed by atoms with Gasteiger partial charge in [0.05, 0.1) is 10.6 Å². The van der Waals surface area contributed by atoms with Gasteiger partial charge in [-0.2, -0.15) is 0 Å². The van der Waals surface area contributed by atoms with Crippen molar-refractivity contribution in [3.05, 3.63) is 28.7 Å². The molecule has 4 nitrogen and oxygen atoms in total. The summed E-state index contributed by atoms with van der Waals surface area (Å²) in [6, 6.07) is 6.78. The Morgan fingerprint density at radius 3 is 2.63 bits per heavy atom. The van der Waals surface area contributed by atoms with Gasteiger partial charge in [-0.1, -0.05) is 15.9 Å². The Bertz CT molecular complexity index is 522. The van der Waals surface area contributed by atoms with Gasteiger partial charge in [0.25, 0.3) is 0 Å². The maximum atomic E-state index is 12.2. The van der Waals surface area contributed by atoms with Gasteiger partial charge in [-0.15, -0.1) is 0 Å². The largest absolute Gasteiger partial charge is 0.315 e. The summed E-state index contributed by atoms with van der Waals surface area (Å²) in [5.41, 5.74) is 0.0231. The van der Waals surface area contributed by atoms with Crippen molar-refractivity contribution in [2.75, 3.05) is 25.4 Å². The zero-order valence-corrected chi connectivity index (χ0v) is 13.4. The van der Waals surface area contributed by atoms with E-state index >= 15 is 0 Å². The highest BCUT2D eigenvalue weighted by atomic mass is 79.9. The first-order chi connectivity index (χ1) is 8.91. The molecule has 1 aliphatic heterocycles. The molecule has 2 rings (SSSR count). The van der Waals surface area contributed by atoms with Crippen molar-refractivity contribution in [3.8, 4) is 0 Å². The zero-order chi connectivity index (χ0) is 13.9. The van der Waals surface area contributed by atoms with Gasteiger partial charge in [-0.05, 0) is 44.2 Å². The Hall–Kier alpha value is -0.430. The minimum Gasteiger partial charge on any atom is -0.315 e. The predicted molar refractivity (Wildman–Crippen MR) is 80.1 cm³/mol. The third-order valence-electron chi connectivity index (χ3n) is 3.46. The summed E-state index contributed by atoms with van der Waals surface area (Å²) >= 11 is 3.30. The molecule has 1 aromatic rings. The second-order valence-corrected chi connectivity index (χ2v) is 8.21. The second kappa shape index (κ2) is 5.91. The van der Waals surface area contributed by atoms with Crippen molar-refractivity contribution >= 4 is 25.8 Å². The minimum atomic E-state index is -3.20. The molecular formula is C13H19BrN2O2S. The Morgan fingerprint density at radius 1 is 1.37 bits per heavy atom. The van der Waals surface area contributed by atoms with Crippen LogP contribution in [0, 0.1) is 0 Å². The molecule has 106 valence electrons. The Labute approximate surface area is 123 Å². The topological polar surface area (TPSA) is 58.2 Å². The Kier molecular flexibility index (Phi) is 4.66. The smallest absolute Gasteiger partial charge is 0.179 e. The van der Waals surface area contributed by atoms with Crippen LogP contribution >= 0.6 is 15.9 Å². The average Bonchev–Trinajstić information content (AvgIpc) is 2.76. The van der Waals surface area contributed by atoms with E-state index in [2.05, 4.69) is 33.5 Å². The van der Waals surface area contributed by atoms with Gasteiger partial charge >= 0.3 is 0 Å². The van der Waals surface area contributed by atoms with Crippen LogP contribution < -0.4 is 10.6 Å². The van der Waals surface area contributed by atoms with Crippen LogP contribution in [0.2, 0.25) is 0 Å². The highest BCUT2D eigenvalue weighted by molar-refractivity contribution is 9.10. The second-order valence-electron chi connectivity index (χ2n) is 5.19. The van der Waals surface area contributed by atoms with Gasteiger partial charge < -0.3 is 10.6 Å². The Morgan fingerprint density at radius 2 is 2.05 bits per heavy atom. The van der Waals surface area contributed by atoms with Crippen molar-refractivity contribution < 1.29 is 8.42 Å². The van der Waals surface area contributed by atoms with Crippen molar-refractivity contribution in [1.29, 1.82) is 0 Å². The molecule has 2 N–H and O–H groups in total. The monoisotopic (exact) mass is 346 g/mol. The fourth-order valence-electron chi connectivity index (χ4n) is 2.21. The van der Waals surface area contributed by atoms with Crippen LogP contribution in [0.4, 0.5) is 0 Å². The number of rotatable bonds is 5. The fourth-order valence-corrected chi connectivity index (χ4v) is 3.64. The molecule has 0 bridgehead atoms. The summed E-state index contributed by atoms with van der Waals surface area (Å²) in [6.45, 7) is 4.49. The third kappa shape index (κ3) is 4.02. The van der Waals surface area contributed by atoms with Crippen molar-refractivity contribution in [2.24, 2.45) is 0 Å². The van der Waals surface area contributed by atoms with Crippen LogP contribution in [0.15, 0.2) is 33.6 Å². The summed E-state index contributed by atoms with van der Waals surface area (Å²) in [4.78, 5) is 0.382. The predicted octanol–water partition coefficient (Wildman–Crippen LogP) is 1.56. The highest BCUT2D eigenvalue weighted by Gasteiger charge is 2.28. The van der Waals surface area contributed by atoms with Crippen LogP contribution in [0.3, 0.4) is 0 Å². The molecule has 1 aliphatic rings. The molecule has 0 saturated carbocycles. The van der Waals surface area contributed by atoms with Crippen molar-refractivity contribution in [3.63, 3.8) is 0 Å². The molecule has 0 spiro atoms. The lowest BCUT2D eigenvalue weighted by Gasteiger charge is -2.24. The number of hydrogen-bond acceptors (Lipinski definition) is 4. The van der Waals surface area contributed by atoms with E-state index < -0.39 is 9.84 Å². The fraction of sp³-hybridized carbons (Fsp3) is 0.538. The lowest BCUT2D eigenvalue weighted by atomic mass is 10.0. The summed E-state index contributed by atoms with van der Waals surface area (Å²) in [5, 5.41) is 6.63. The molecule has 0 aliphatic carbocycles. The standard InChI is InChI=1S/C13H19BrN2O2S/c1-13(6-7-15-10-13)16-8-9-19(17,18)12-4-2-11(14)3-5-12/h2-5,15-16H,6-10H2,1H3. The highest BCUT2D eigenvalue weighted by Crippen LogP contribution is 2.16. The summed E-state index contributed by atoms with van der Waals surface area (Å²) in [7, 11) is -3.20. The number of hydrogen-bond donors (Lipinski definition) is 2. The van der Waals surface area contributed by atoms with Gasteiger partial charge in [-0.25, -0.2) is 8.42 Å². The zero-order valence-electron chi connectivity index (χ0n) is 10.9. The number of halogens is 1. The molecule has 1 fully saturated rings. The summed E-state index contributed by atoms with van der Waals surface area (Å²) in [6.07, 6.45) is 1.03. The summed E-state index contributed by atoms with van der Waals surface area (Å²) < 4.78 is 25.2. The molecule has 0 radical (unpaired) electrons. The molecule has 1 aromatic carbocycles. The molecular weight excluding hydrogens is 328 g/mol. The molecule has 1 atom stereocenters. The van der Waals surface area contributed by atoms with Crippen LogP contribution in [-0.4, -0.2) is 39.3 Å².